The lowest BCUT2D eigenvalue weighted by Crippen LogP contribution is -2.18. The topological polar surface area (TPSA) is 12.0 Å². The van der Waals surface area contributed by atoms with E-state index in [1.165, 1.54) is 36.1 Å². The quantitative estimate of drug-likeness (QED) is 0.751. The second kappa shape index (κ2) is 7.71. The van der Waals surface area contributed by atoms with Gasteiger partial charge in [0.15, 0.2) is 0 Å². The molecule has 0 fully saturated rings. The van der Waals surface area contributed by atoms with Crippen molar-refractivity contribution in [2.45, 2.75) is 32.2 Å². The molecule has 2 aromatic carbocycles. The minimum Gasteiger partial charge on any atom is -0.309 e. The highest BCUT2D eigenvalue weighted by Crippen LogP contribution is 2.29. The molecule has 0 bridgehead atoms. The van der Waals surface area contributed by atoms with E-state index in [2.05, 4.69) is 52.4 Å². The molecule has 2 rings (SSSR count). The third-order valence-corrected chi connectivity index (χ3v) is 4.38. The molecule has 1 N–H and O–H groups in total. The van der Waals surface area contributed by atoms with Crippen molar-refractivity contribution in [3.05, 3.63) is 69.4 Å². The van der Waals surface area contributed by atoms with Gasteiger partial charge in [0.1, 0.15) is 5.82 Å². The standard InChI is InChI=1S/C18H21BrFN/c1-3-4-5-13-6-8-14(9-7-13)18(21-2)16-11-10-15(20)12-17(16)19/h6-12,18,21H,3-5H2,1-2H3. The van der Waals surface area contributed by atoms with Gasteiger partial charge in [-0.3, -0.25) is 0 Å². The molecule has 0 saturated heterocycles. The van der Waals surface area contributed by atoms with Crippen molar-refractivity contribution in [1.29, 1.82) is 0 Å². The van der Waals surface area contributed by atoms with Gasteiger partial charge in [-0.15, -0.1) is 0 Å². The fraction of sp³-hybridized carbons (Fsp3) is 0.333. The van der Waals surface area contributed by atoms with Crippen LogP contribution in [0.15, 0.2) is 46.9 Å². The molecule has 0 aliphatic rings. The van der Waals surface area contributed by atoms with Gasteiger partial charge in [0.2, 0.25) is 0 Å². The highest BCUT2D eigenvalue weighted by molar-refractivity contribution is 9.10. The first kappa shape index (κ1) is 16.2. The van der Waals surface area contributed by atoms with Gasteiger partial charge in [-0.1, -0.05) is 59.6 Å². The van der Waals surface area contributed by atoms with Crippen LogP contribution in [0.25, 0.3) is 0 Å². The van der Waals surface area contributed by atoms with Crippen LogP contribution in [0.1, 0.15) is 42.5 Å². The molecule has 0 saturated carbocycles. The number of benzene rings is 2. The van der Waals surface area contributed by atoms with Crippen LogP contribution in [-0.4, -0.2) is 7.05 Å². The van der Waals surface area contributed by atoms with Gasteiger partial charge in [0.25, 0.3) is 0 Å². The first-order valence-electron chi connectivity index (χ1n) is 7.36. The monoisotopic (exact) mass is 349 g/mol. The second-order valence-corrected chi connectivity index (χ2v) is 6.09. The van der Waals surface area contributed by atoms with Gasteiger partial charge in [0.05, 0.1) is 6.04 Å². The molecule has 0 aromatic heterocycles. The van der Waals surface area contributed by atoms with Crippen molar-refractivity contribution in [2.75, 3.05) is 7.05 Å². The lowest BCUT2D eigenvalue weighted by atomic mass is 9.97. The van der Waals surface area contributed by atoms with E-state index in [1.807, 2.05) is 13.1 Å². The van der Waals surface area contributed by atoms with Crippen molar-refractivity contribution in [2.24, 2.45) is 0 Å². The van der Waals surface area contributed by atoms with Crippen molar-refractivity contribution in [3.8, 4) is 0 Å². The molecular formula is C18H21BrFN. The summed E-state index contributed by atoms with van der Waals surface area (Å²) in [5.41, 5.74) is 3.60. The Bertz CT molecular complexity index is 580. The van der Waals surface area contributed by atoms with Crippen molar-refractivity contribution >= 4 is 15.9 Å². The number of hydrogen-bond donors (Lipinski definition) is 1. The van der Waals surface area contributed by atoms with Gasteiger partial charge in [0, 0.05) is 4.47 Å². The first-order chi connectivity index (χ1) is 10.2. The van der Waals surface area contributed by atoms with E-state index in [-0.39, 0.29) is 11.9 Å². The third kappa shape index (κ3) is 4.14. The summed E-state index contributed by atoms with van der Waals surface area (Å²) >= 11 is 3.45. The summed E-state index contributed by atoms with van der Waals surface area (Å²) in [4.78, 5) is 0. The minimum atomic E-state index is -0.226. The molecule has 1 nitrogen and oxygen atoms in total. The van der Waals surface area contributed by atoms with E-state index in [0.717, 1.165) is 16.5 Å². The molecule has 2 aromatic rings. The van der Waals surface area contributed by atoms with Crippen LogP contribution in [-0.2, 0) is 6.42 Å². The van der Waals surface area contributed by atoms with Crippen molar-refractivity contribution in [1.82, 2.24) is 5.32 Å². The number of halogens is 2. The fourth-order valence-electron chi connectivity index (χ4n) is 2.49. The highest BCUT2D eigenvalue weighted by Gasteiger charge is 2.15. The number of hydrogen-bond acceptors (Lipinski definition) is 1. The average molecular weight is 350 g/mol. The lowest BCUT2D eigenvalue weighted by Gasteiger charge is -2.19. The largest absolute Gasteiger partial charge is 0.309 e. The van der Waals surface area contributed by atoms with E-state index in [0.29, 0.717) is 0 Å². The summed E-state index contributed by atoms with van der Waals surface area (Å²) in [5, 5.41) is 3.31. The third-order valence-electron chi connectivity index (χ3n) is 3.69. The molecule has 0 spiro atoms. The zero-order valence-electron chi connectivity index (χ0n) is 12.5. The highest BCUT2D eigenvalue weighted by atomic mass is 79.9. The Morgan fingerprint density at radius 2 is 1.86 bits per heavy atom. The number of rotatable bonds is 6. The number of aryl methyl sites for hydroxylation is 1. The van der Waals surface area contributed by atoms with E-state index in [4.69, 9.17) is 0 Å². The summed E-state index contributed by atoms with van der Waals surface area (Å²) in [6.45, 7) is 2.21. The van der Waals surface area contributed by atoms with E-state index in [1.54, 1.807) is 0 Å². The van der Waals surface area contributed by atoms with Crippen LogP contribution in [0.4, 0.5) is 4.39 Å². The Hall–Kier alpha value is -1.19. The second-order valence-electron chi connectivity index (χ2n) is 5.23. The fourth-order valence-corrected chi connectivity index (χ4v) is 3.07. The predicted molar refractivity (Wildman–Crippen MR) is 90.1 cm³/mol. The Labute approximate surface area is 134 Å². The van der Waals surface area contributed by atoms with Crippen LogP contribution in [0, 0.1) is 5.82 Å². The predicted octanol–water partition coefficient (Wildman–Crippen LogP) is 5.24. The van der Waals surface area contributed by atoms with Crippen LogP contribution in [0.2, 0.25) is 0 Å². The van der Waals surface area contributed by atoms with E-state index >= 15 is 0 Å². The number of unbranched alkanes of at least 4 members (excludes halogenated alkanes) is 1. The Morgan fingerprint density at radius 3 is 2.43 bits per heavy atom. The summed E-state index contributed by atoms with van der Waals surface area (Å²) in [7, 11) is 1.92. The van der Waals surface area contributed by atoms with E-state index < -0.39 is 0 Å². The summed E-state index contributed by atoms with van der Waals surface area (Å²) in [5.74, 6) is -0.226. The van der Waals surface area contributed by atoms with Gasteiger partial charge in [-0.05, 0) is 48.7 Å². The molecule has 1 atom stereocenters. The molecule has 0 amide bonds. The summed E-state index contributed by atoms with van der Waals surface area (Å²) in [6, 6.07) is 13.6. The van der Waals surface area contributed by atoms with Crippen LogP contribution < -0.4 is 5.32 Å². The molecule has 112 valence electrons. The molecule has 1 unspecified atom stereocenters. The molecule has 21 heavy (non-hydrogen) atoms. The summed E-state index contributed by atoms with van der Waals surface area (Å²) < 4.78 is 14.0. The zero-order valence-corrected chi connectivity index (χ0v) is 14.1. The van der Waals surface area contributed by atoms with Gasteiger partial charge in [-0.25, -0.2) is 4.39 Å². The van der Waals surface area contributed by atoms with Gasteiger partial charge >= 0.3 is 0 Å². The minimum absolute atomic E-state index is 0.0557. The zero-order chi connectivity index (χ0) is 15.2. The van der Waals surface area contributed by atoms with Crippen molar-refractivity contribution in [3.63, 3.8) is 0 Å². The van der Waals surface area contributed by atoms with E-state index in [9.17, 15) is 4.39 Å². The Balaban J connectivity index is 2.24. The van der Waals surface area contributed by atoms with Crippen LogP contribution >= 0.6 is 15.9 Å². The van der Waals surface area contributed by atoms with Crippen LogP contribution in [0.5, 0.6) is 0 Å². The molecule has 0 aliphatic carbocycles. The Morgan fingerprint density at radius 1 is 1.14 bits per heavy atom. The first-order valence-corrected chi connectivity index (χ1v) is 8.16. The molecule has 3 heteroatoms. The van der Waals surface area contributed by atoms with Gasteiger partial charge < -0.3 is 5.32 Å². The molecule has 0 aliphatic heterocycles. The normalized spacial score (nSPS) is 12.4. The van der Waals surface area contributed by atoms with Crippen molar-refractivity contribution < 1.29 is 4.39 Å². The van der Waals surface area contributed by atoms with Gasteiger partial charge in [-0.2, -0.15) is 0 Å². The maximum Gasteiger partial charge on any atom is 0.124 e. The molecular weight excluding hydrogens is 329 g/mol. The average Bonchev–Trinajstić information content (AvgIpc) is 2.49. The smallest absolute Gasteiger partial charge is 0.124 e. The maximum atomic E-state index is 13.2. The lowest BCUT2D eigenvalue weighted by molar-refractivity contribution is 0.621. The Kier molecular flexibility index (Phi) is 5.95. The molecule has 0 heterocycles. The molecule has 0 radical (unpaired) electrons. The van der Waals surface area contributed by atoms with Crippen LogP contribution in [0.3, 0.4) is 0 Å². The summed E-state index contributed by atoms with van der Waals surface area (Å²) in [6.07, 6.45) is 3.56. The SMILES string of the molecule is CCCCc1ccc(C(NC)c2ccc(F)cc2Br)cc1. The maximum absolute atomic E-state index is 13.2. The number of nitrogens with one attached hydrogen (secondary N) is 1.